The van der Waals surface area contributed by atoms with E-state index in [0.717, 1.165) is 4.68 Å². The third-order valence-electron chi connectivity index (χ3n) is 5.00. The summed E-state index contributed by atoms with van der Waals surface area (Å²) in [5, 5.41) is 11.0. The molecule has 4 rings (SSSR count). The van der Waals surface area contributed by atoms with Gasteiger partial charge in [0.15, 0.2) is 11.5 Å². The molecule has 1 N–H and O–H groups in total. The van der Waals surface area contributed by atoms with Gasteiger partial charge in [0.1, 0.15) is 17.6 Å². The van der Waals surface area contributed by atoms with Crippen molar-refractivity contribution < 1.29 is 18.1 Å². The van der Waals surface area contributed by atoms with Crippen molar-refractivity contribution in [3.63, 3.8) is 0 Å². The maximum atomic E-state index is 13.8. The normalized spacial score (nSPS) is 12.0. The summed E-state index contributed by atoms with van der Waals surface area (Å²) in [5.74, 6) is 0.0428. The van der Waals surface area contributed by atoms with Crippen molar-refractivity contribution in [3.8, 4) is 22.8 Å². The molecule has 0 unspecified atom stereocenters. The van der Waals surface area contributed by atoms with Crippen LogP contribution in [0.25, 0.3) is 22.8 Å². The van der Waals surface area contributed by atoms with E-state index >= 15 is 0 Å². The van der Waals surface area contributed by atoms with Gasteiger partial charge >= 0.3 is 0 Å². The number of nitrogens with one attached hydrogen (secondary N) is 1. The lowest BCUT2D eigenvalue weighted by atomic mass is 10.1. The molecule has 0 saturated heterocycles. The standard InChI is InChI=1S/C23H21FN4O4/c1-14-12-20(32-27-14)17-13-21(29)28(26-22(17)19-8-5-11-31-19)15(2)23(30)25-10-9-16-6-3-4-7-18(16)24/h3-8,11-13,15H,9-10H2,1-2H3,(H,25,30)/t15-/m1/s1. The van der Waals surface area contributed by atoms with E-state index in [1.54, 1.807) is 50.2 Å². The molecule has 32 heavy (non-hydrogen) atoms. The zero-order valence-corrected chi connectivity index (χ0v) is 17.5. The third-order valence-corrected chi connectivity index (χ3v) is 5.00. The van der Waals surface area contributed by atoms with Crippen LogP contribution in [0.5, 0.6) is 0 Å². The van der Waals surface area contributed by atoms with E-state index < -0.39 is 17.5 Å². The monoisotopic (exact) mass is 436 g/mol. The fraction of sp³-hybridized carbons (Fsp3) is 0.217. The minimum absolute atomic E-state index is 0.222. The van der Waals surface area contributed by atoms with Gasteiger partial charge in [-0.05, 0) is 44.0 Å². The Morgan fingerprint density at radius 1 is 1.19 bits per heavy atom. The number of hydrogen-bond acceptors (Lipinski definition) is 6. The average molecular weight is 436 g/mol. The van der Waals surface area contributed by atoms with Crippen LogP contribution in [0.4, 0.5) is 4.39 Å². The minimum Gasteiger partial charge on any atom is -0.463 e. The molecule has 0 saturated carbocycles. The van der Waals surface area contributed by atoms with Gasteiger partial charge in [0, 0.05) is 18.7 Å². The summed E-state index contributed by atoms with van der Waals surface area (Å²) in [4.78, 5) is 25.5. The van der Waals surface area contributed by atoms with Crippen LogP contribution < -0.4 is 10.9 Å². The number of halogens is 1. The van der Waals surface area contributed by atoms with Gasteiger partial charge in [0.25, 0.3) is 5.56 Å². The third kappa shape index (κ3) is 4.36. The van der Waals surface area contributed by atoms with Crippen LogP contribution in [0.1, 0.15) is 24.2 Å². The van der Waals surface area contributed by atoms with Crippen molar-refractivity contribution in [1.82, 2.24) is 20.3 Å². The Bertz CT molecular complexity index is 1290. The number of benzene rings is 1. The largest absolute Gasteiger partial charge is 0.463 e. The van der Waals surface area contributed by atoms with Crippen molar-refractivity contribution in [3.05, 3.63) is 82.2 Å². The van der Waals surface area contributed by atoms with Crippen molar-refractivity contribution in [2.24, 2.45) is 0 Å². The lowest BCUT2D eigenvalue weighted by Gasteiger charge is -2.16. The molecule has 0 fully saturated rings. The highest BCUT2D eigenvalue weighted by Gasteiger charge is 2.23. The van der Waals surface area contributed by atoms with Crippen molar-refractivity contribution in [1.29, 1.82) is 0 Å². The summed E-state index contributed by atoms with van der Waals surface area (Å²) in [6, 6.07) is 11.9. The Labute approximate surface area is 182 Å². The summed E-state index contributed by atoms with van der Waals surface area (Å²) in [7, 11) is 0. The number of hydrogen-bond donors (Lipinski definition) is 1. The summed E-state index contributed by atoms with van der Waals surface area (Å²) in [5.41, 5.74) is 1.42. The first-order valence-electron chi connectivity index (χ1n) is 10.1. The second-order valence-corrected chi connectivity index (χ2v) is 7.31. The number of aromatic nitrogens is 3. The van der Waals surface area contributed by atoms with Crippen LogP contribution in [0.15, 0.2) is 68.5 Å². The number of carbonyl (C=O) groups is 1. The number of amides is 1. The Balaban J connectivity index is 1.58. The van der Waals surface area contributed by atoms with Gasteiger partial charge < -0.3 is 14.3 Å². The smallest absolute Gasteiger partial charge is 0.268 e. The summed E-state index contributed by atoms with van der Waals surface area (Å²) in [6.07, 6.45) is 1.82. The highest BCUT2D eigenvalue weighted by Crippen LogP contribution is 2.30. The number of furan rings is 1. The molecular weight excluding hydrogens is 415 g/mol. The van der Waals surface area contributed by atoms with E-state index in [9.17, 15) is 14.0 Å². The Kier molecular flexibility index (Phi) is 5.98. The van der Waals surface area contributed by atoms with Crippen molar-refractivity contribution in [2.75, 3.05) is 6.54 Å². The highest BCUT2D eigenvalue weighted by atomic mass is 19.1. The molecule has 4 aromatic rings. The Morgan fingerprint density at radius 2 is 2.00 bits per heavy atom. The Hall–Kier alpha value is -4.01. The molecule has 1 aromatic carbocycles. The van der Waals surface area contributed by atoms with Crippen LogP contribution in [0, 0.1) is 12.7 Å². The van der Waals surface area contributed by atoms with Gasteiger partial charge in [-0.2, -0.15) is 5.10 Å². The predicted molar refractivity (Wildman–Crippen MR) is 114 cm³/mol. The molecular formula is C23H21FN4O4. The fourth-order valence-electron chi connectivity index (χ4n) is 3.30. The minimum atomic E-state index is -0.901. The second-order valence-electron chi connectivity index (χ2n) is 7.31. The van der Waals surface area contributed by atoms with Crippen LogP contribution in [0.3, 0.4) is 0 Å². The van der Waals surface area contributed by atoms with Gasteiger partial charge in [-0.3, -0.25) is 9.59 Å². The van der Waals surface area contributed by atoms with E-state index in [2.05, 4.69) is 15.6 Å². The molecule has 0 aliphatic rings. The van der Waals surface area contributed by atoms with Crippen LogP contribution in [-0.4, -0.2) is 27.4 Å². The summed E-state index contributed by atoms with van der Waals surface area (Å²) < 4.78 is 25.6. The van der Waals surface area contributed by atoms with E-state index in [1.807, 2.05) is 0 Å². The predicted octanol–water partition coefficient (Wildman–Crippen LogP) is 3.53. The molecule has 164 valence electrons. The Morgan fingerprint density at radius 3 is 2.69 bits per heavy atom. The zero-order chi connectivity index (χ0) is 22.7. The van der Waals surface area contributed by atoms with Gasteiger partial charge in [-0.25, -0.2) is 9.07 Å². The lowest BCUT2D eigenvalue weighted by Crippen LogP contribution is -2.38. The molecule has 9 heteroatoms. The SMILES string of the molecule is Cc1cc(-c2cc(=O)n([C@H](C)C(=O)NCCc3ccccc3F)nc2-c2ccco2)on1. The molecule has 0 spiro atoms. The van der Waals surface area contributed by atoms with Gasteiger partial charge in [-0.1, -0.05) is 23.4 Å². The number of nitrogens with zero attached hydrogens (tertiary/aromatic N) is 3. The van der Waals surface area contributed by atoms with E-state index in [4.69, 9.17) is 8.94 Å². The van der Waals surface area contributed by atoms with Crippen LogP contribution >= 0.6 is 0 Å². The van der Waals surface area contributed by atoms with Gasteiger partial charge in [-0.15, -0.1) is 0 Å². The number of rotatable bonds is 7. The van der Waals surface area contributed by atoms with Gasteiger partial charge in [0.2, 0.25) is 5.91 Å². The van der Waals surface area contributed by atoms with Crippen molar-refractivity contribution >= 4 is 5.91 Å². The molecule has 8 nitrogen and oxygen atoms in total. The molecule has 1 amide bonds. The number of carbonyl (C=O) groups excluding carboxylic acids is 1. The summed E-state index contributed by atoms with van der Waals surface area (Å²) >= 11 is 0. The molecule has 0 aliphatic heterocycles. The molecule has 3 aromatic heterocycles. The second kappa shape index (κ2) is 9.01. The highest BCUT2D eigenvalue weighted by molar-refractivity contribution is 5.80. The molecule has 1 atom stereocenters. The van der Waals surface area contributed by atoms with E-state index in [1.165, 1.54) is 18.4 Å². The summed E-state index contributed by atoms with van der Waals surface area (Å²) in [6.45, 7) is 3.55. The van der Waals surface area contributed by atoms with E-state index in [0.29, 0.717) is 40.5 Å². The van der Waals surface area contributed by atoms with Crippen LogP contribution in [-0.2, 0) is 11.2 Å². The maximum Gasteiger partial charge on any atom is 0.268 e. The topological polar surface area (TPSA) is 103 Å². The number of aryl methyl sites for hydroxylation is 1. The first-order chi connectivity index (χ1) is 15.4. The quantitative estimate of drug-likeness (QED) is 0.475. The first-order valence-corrected chi connectivity index (χ1v) is 10.1. The van der Waals surface area contributed by atoms with Gasteiger partial charge in [0.05, 0.1) is 17.5 Å². The maximum absolute atomic E-state index is 13.8. The van der Waals surface area contributed by atoms with Crippen LogP contribution in [0.2, 0.25) is 0 Å². The average Bonchev–Trinajstić information content (AvgIpc) is 3.46. The fourth-order valence-corrected chi connectivity index (χ4v) is 3.30. The molecule has 0 bridgehead atoms. The molecule has 3 heterocycles. The lowest BCUT2D eigenvalue weighted by molar-refractivity contribution is -0.124. The first kappa shape index (κ1) is 21.2. The molecule has 0 aliphatic carbocycles. The zero-order valence-electron chi connectivity index (χ0n) is 17.5. The van der Waals surface area contributed by atoms with E-state index in [-0.39, 0.29) is 12.4 Å². The van der Waals surface area contributed by atoms with Crippen molar-refractivity contribution in [2.45, 2.75) is 26.3 Å². The molecule has 0 radical (unpaired) electrons.